The molecule has 0 radical (unpaired) electrons. The third kappa shape index (κ3) is 3.17. The van der Waals surface area contributed by atoms with E-state index in [4.69, 9.17) is 4.74 Å². The van der Waals surface area contributed by atoms with Crippen LogP contribution in [0.25, 0.3) is 0 Å². The van der Waals surface area contributed by atoms with Gasteiger partial charge in [-0.25, -0.2) is 9.78 Å². The standard InChI is InChI=1S/C15H18N2O2S/c1-4-7-11-8-5-6-9-12(11)16-15-17-13(10(2)20-15)14(18)19-3/h5-6,8-9H,4,7H2,1-3H3,(H,16,17). The smallest absolute Gasteiger partial charge is 0.357 e. The van der Waals surface area contributed by atoms with Crippen LogP contribution in [0.3, 0.4) is 0 Å². The minimum absolute atomic E-state index is 0.382. The van der Waals surface area contributed by atoms with Crippen LogP contribution in [0.5, 0.6) is 0 Å². The molecule has 0 saturated carbocycles. The summed E-state index contributed by atoms with van der Waals surface area (Å²) in [4.78, 5) is 16.7. The van der Waals surface area contributed by atoms with E-state index in [1.165, 1.54) is 24.0 Å². The van der Waals surface area contributed by atoms with E-state index in [2.05, 4.69) is 23.3 Å². The lowest BCUT2D eigenvalue weighted by molar-refractivity contribution is 0.0594. The average molecular weight is 290 g/mol. The Kier molecular flexibility index (Phi) is 4.74. The quantitative estimate of drug-likeness (QED) is 0.848. The largest absolute Gasteiger partial charge is 0.464 e. The zero-order chi connectivity index (χ0) is 14.5. The molecule has 1 heterocycles. The van der Waals surface area contributed by atoms with Gasteiger partial charge in [-0.1, -0.05) is 31.5 Å². The van der Waals surface area contributed by atoms with Crippen LogP contribution in [0, 0.1) is 6.92 Å². The van der Waals surface area contributed by atoms with E-state index in [0.717, 1.165) is 23.4 Å². The van der Waals surface area contributed by atoms with Crippen molar-refractivity contribution < 1.29 is 9.53 Å². The zero-order valence-electron chi connectivity index (χ0n) is 11.9. The molecular formula is C15H18N2O2S. The van der Waals surface area contributed by atoms with Gasteiger partial charge in [0.05, 0.1) is 7.11 Å². The van der Waals surface area contributed by atoms with E-state index in [1.54, 1.807) is 0 Å². The van der Waals surface area contributed by atoms with Gasteiger partial charge in [0.1, 0.15) is 0 Å². The van der Waals surface area contributed by atoms with Gasteiger partial charge in [0, 0.05) is 10.6 Å². The number of nitrogens with one attached hydrogen (secondary N) is 1. The Balaban J connectivity index is 2.24. The van der Waals surface area contributed by atoms with Gasteiger partial charge in [-0.2, -0.15) is 0 Å². The van der Waals surface area contributed by atoms with Gasteiger partial charge in [0.25, 0.3) is 0 Å². The van der Waals surface area contributed by atoms with E-state index >= 15 is 0 Å². The van der Waals surface area contributed by atoms with E-state index in [-0.39, 0.29) is 0 Å². The molecule has 1 N–H and O–H groups in total. The Labute approximate surface area is 122 Å². The highest BCUT2D eigenvalue weighted by molar-refractivity contribution is 7.15. The summed E-state index contributed by atoms with van der Waals surface area (Å²) >= 11 is 1.46. The Hall–Kier alpha value is -1.88. The second kappa shape index (κ2) is 6.52. The van der Waals surface area contributed by atoms with Crippen molar-refractivity contribution in [2.24, 2.45) is 0 Å². The van der Waals surface area contributed by atoms with Gasteiger partial charge in [0.2, 0.25) is 0 Å². The van der Waals surface area contributed by atoms with Crippen LogP contribution in [0.1, 0.15) is 34.3 Å². The predicted molar refractivity (Wildman–Crippen MR) is 81.9 cm³/mol. The van der Waals surface area contributed by atoms with Crippen molar-refractivity contribution in [1.82, 2.24) is 4.98 Å². The van der Waals surface area contributed by atoms with Crippen LogP contribution in [0.4, 0.5) is 10.8 Å². The highest BCUT2D eigenvalue weighted by Crippen LogP contribution is 2.27. The zero-order valence-corrected chi connectivity index (χ0v) is 12.7. The van der Waals surface area contributed by atoms with Crippen molar-refractivity contribution in [2.45, 2.75) is 26.7 Å². The lowest BCUT2D eigenvalue weighted by atomic mass is 10.1. The van der Waals surface area contributed by atoms with Gasteiger partial charge >= 0.3 is 5.97 Å². The summed E-state index contributed by atoms with van der Waals surface area (Å²) in [6, 6.07) is 8.15. The monoisotopic (exact) mass is 290 g/mol. The summed E-state index contributed by atoms with van der Waals surface area (Å²) in [5, 5.41) is 4.01. The highest BCUT2D eigenvalue weighted by Gasteiger charge is 2.16. The molecule has 5 heteroatoms. The summed E-state index contributed by atoms with van der Waals surface area (Å²) in [6.45, 7) is 4.02. The van der Waals surface area contributed by atoms with Crippen LogP contribution in [0.15, 0.2) is 24.3 Å². The number of esters is 1. The molecule has 4 nitrogen and oxygen atoms in total. The van der Waals surface area contributed by atoms with Crippen molar-refractivity contribution in [3.63, 3.8) is 0 Å². The first kappa shape index (κ1) is 14.5. The number of para-hydroxylation sites is 1. The molecule has 20 heavy (non-hydrogen) atoms. The molecular weight excluding hydrogens is 272 g/mol. The number of aromatic nitrogens is 1. The van der Waals surface area contributed by atoms with Gasteiger partial charge in [-0.15, -0.1) is 11.3 Å². The topological polar surface area (TPSA) is 51.2 Å². The van der Waals surface area contributed by atoms with Crippen LogP contribution >= 0.6 is 11.3 Å². The number of hydrogen-bond acceptors (Lipinski definition) is 5. The minimum atomic E-state index is -0.395. The molecule has 0 bridgehead atoms. The van der Waals surface area contributed by atoms with Gasteiger partial charge in [-0.05, 0) is 25.0 Å². The second-order valence-electron chi connectivity index (χ2n) is 4.45. The lowest BCUT2D eigenvalue weighted by Gasteiger charge is -2.08. The summed E-state index contributed by atoms with van der Waals surface area (Å²) in [5.74, 6) is -0.395. The normalized spacial score (nSPS) is 10.3. The van der Waals surface area contributed by atoms with E-state index in [0.29, 0.717) is 10.8 Å². The third-order valence-electron chi connectivity index (χ3n) is 2.95. The number of carbonyl (C=O) groups excluding carboxylic acids is 1. The van der Waals surface area contributed by atoms with Crippen molar-refractivity contribution in [2.75, 3.05) is 12.4 Å². The molecule has 0 amide bonds. The maximum atomic E-state index is 11.6. The van der Waals surface area contributed by atoms with Crippen LogP contribution in [-0.2, 0) is 11.2 Å². The number of benzene rings is 1. The lowest BCUT2D eigenvalue weighted by Crippen LogP contribution is -2.03. The average Bonchev–Trinajstić information content (AvgIpc) is 2.81. The number of nitrogens with zero attached hydrogens (tertiary/aromatic N) is 1. The molecule has 2 rings (SSSR count). The molecule has 0 aliphatic rings. The fourth-order valence-electron chi connectivity index (χ4n) is 1.98. The first-order valence-corrected chi connectivity index (χ1v) is 7.38. The summed E-state index contributed by atoms with van der Waals surface area (Å²) in [5.41, 5.74) is 2.68. The molecule has 0 saturated heterocycles. The van der Waals surface area contributed by atoms with Crippen LogP contribution < -0.4 is 5.32 Å². The Bertz CT molecular complexity index is 608. The molecule has 0 fully saturated rings. The number of anilines is 2. The maximum absolute atomic E-state index is 11.6. The maximum Gasteiger partial charge on any atom is 0.357 e. The van der Waals surface area contributed by atoms with Gasteiger partial charge in [-0.3, -0.25) is 0 Å². The van der Waals surface area contributed by atoms with E-state index < -0.39 is 5.97 Å². The number of ether oxygens (including phenoxy) is 1. The van der Waals surface area contributed by atoms with Gasteiger partial charge < -0.3 is 10.1 Å². The SMILES string of the molecule is CCCc1ccccc1Nc1nc(C(=O)OC)c(C)s1. The van der Waals surface area contributed by atoms with Crippen molar-refractivity contribution >= 4 is 28.1 Å². The molecule has 2 aromatic rings. The molecule has 1 aromatic carbocycles. The Morgan fingerprint density at radius 2 is 2.15 bits per heavy atom. The number of thiazole rings is 1. The molecule has 106 valence electrons. The molecule has 0 aliphatic carbocycles. The third-order valence-corrected chi connectivity index (χ3v) is 3.84. The molecule has 0 unspecified atom stereocenters. The number of rotatable bonds is 5. The fraction of sp³-hybridized carbons (Fsp3) is 0.333. The number of hydrogen-bond donors (Lipinski definition) is 1. The predicted octanol–water partition coefficient (Wildman–Crippen LogP) is 3.93. The van der Waals surface area contributed by atoms with Crippen molar-refractivity contribution in [3.05, 3.63) is 40.4 Å². The second-order valence-corrected chi connectivity index (χ2v) is 5.65. The van der Waals surface area contributed by atoms with Crippen LogP contribution in [0.2, 0.25) is 0 Å². The number of carbonyl (C=O) groups is 1. The minimum Gasteiger partial charge on any atom is -0.464 e. The Morgan fingerprint density at radius 1 is 1.40 bits per heavy atom. The highest BCUT2D eigenvalue weighted by atomic mass is 32.1. The fourth-order valence-corrected chi connectivity index (χ4v) is 2.79. The summed E-state index contributed by atoms with van der Waals surface area (Å²) < 4.78 is 4.72. The summed E-state index contributed by atoms with van der Waals surface area (Å²) in [7, 11) is 1.37. The van der Waals surface area contributed by atoms with E-state index in [1.807, 2.05) is 25.1 Å². The first-order chi connectivity index (χ1) is 9.65. The summed E-state index contributed by atoms with van der Waals surface area (Å²) in [6.07, 6.45) is 2.10. The number of aryl methyl sites for hydroxylation is 2. The molecule has 0 spiro atoms. The van der Waals surface area contributed by atoms with Crippen LogP contribution in [-0.4, -0.2) is 18.1 Å². The number of methoxy groups -OCH3 is 1. The molecule has 0 atom stereocenters. The van der Waals surface area contributed by atoms with Crippen molar-refractivity contribution in [3.8, 4) is 0 Å². The molecule has 1 aromatic heterocycles. The van der Waals surface area contributed by atoms with Gasteiger partial charge in [0.15, 0.2) is 10.8 Å². The van der Waals surface area contributed by atoms with E-state index in [9.17, 15) is 4.79 Å². The molecule has 0 aliphatic heterocycles. The first-order valence-electron chi connectivity index (χ1n) is 6.56. The Morgan fingerprint density at radius 3 is 2.85 bits per heavy atom. The van der Waals surface area contributed by atoms with Crippen molar-refractivity contribution in [1.29, 1.82) is 0 Å².